The van der Waals surface area contributed by atoms with Crippen LogP contribution in [0.1, 0.15) is 70.7 Å². The Labute approximate surface area is 186 Å². The number of fused-ring (bicyclic) bond motifs is 1. The van der Waals surface area contributed by atoms with Crippen molar-refractivity contribution in [3.05, 3.63) is 64.7 Å². The van der Waals surface area contributed by atoms with Crippen molar-refractivity contribution in [2.24, 2.45) is 15.0 Å². The minimum atomic E-state index is 0. The van der Waals surface area contributed by atoms with E-state index in [1.807, 2.05) is 33.0 Å². The summed E-state index contributed by atoms with van der Waals surface area (Å²) < 4.78 is 0. The Balaban J connectivity index is 0. The van der Waals surface area contributed by atoms with E-state index in [4.69, 9.17) is 0 Å². The smallest absolute Gasteiger partial charge is 0.0667 e. The largest absolute Gasteiger partial charge is 0.301 e. The number of hydrogen-bond donors (Lipinski definition) is 0. The van der Waals surface area contributed by atoms with Gasteiger partial charge in [-0.2, -0.15) is 0 Å². The molecule has 0 unspecified atom stereocenters. The molecule has 166 valence electrons. The second kappa shape index (κ2) is 17.3. The third-order valence-corrected chi connectivity index (χ3v) is 4.09. The molecule has 0 spiro atoms. The molecule has 0 aromatic heterocycles. The maximum Gasteiger partial charge on any atom is 0.0667 e. The van der Waals surface area contributed by atoms with Gasteiger partial charge in [-0.3, -0.25) is 9.98 Å². The standard InChI is InChI=1S/C10H11N.C10H13N.C3H7N.C3H8.CH4/c1-7-3-4-9-6-8(2)11-10(9)5-7;1-8-6-4-5-7-10(8)9(2)11-3;1-3-4-2;1-3-2;/h3-5H,6H2,1-2H3;4-7H,1-3H3;2-3H2,1H3;3H2,1-2H3;1H4. The minimum absolute atomic E-state index is 0. The predicted molar refractivity (Wildman–Crippen MR) is 140 cm³/mol. The van der Waals surface area contributed by atoms with Crippen molar-refractivity contribution in [3.63, 3.8) is 0 Å². The van der Waals surface area contributed by atoms with Crippen LogP contribution in [0.3, 0.4) is 0 Å². The first-order valence-electron chi connectivity index (χ1n) is 10.4. The molecule has 30 heavy (non-hydrogen) atoms. The summed E-state index contributed by atoms with van der Waals surface area (Å²) in [6.45, 7) is 18.6. The lowest BCUT2D eigenvalue weighted by Crippen LogP contribution is -1.96. The summed E-state index contributed by atoms with van der Waals surface area (Å²) >= 11 is 0. The van der Waals surface area contributed by atoms with E-state index >= 15 is 0 Å². The van der Waals surface area contributed by atoms with Crippen LogP contribution in [0.25, 0.3) is 0 Å². The number of hydrogen-bond acceptors (Lipinski definition) is 3. The normalized spacial score (nSPS) is 11.1. The fourth-order valence-corrected chi connectivity index (χ4v) is 2.55. The van der Waals surface area contributed by atoms with E-state index in [-0.39, 0.29) is 7.43 Å². The van der Waals surface area contributed by atoms with Crippen LogP contribution in [0.2, 0.25) is 0 Å². The van der Waals surface area contributed by atoms with Crippen LogP contribution in [0, 0.1) is 13.8 Å². The second-order valence-electron chi connectivity index (χ2n) is 7.03. The Hall–Kier alpha value is -2.55. The summed E-state index contributed by atoms with van der Waals surface area (Å²) in [6.07, 6.45) is 2.29. The molecular formula is C27H43N3. The van der Waals surface area contributed by atoms with Gasteiger partial charge in [0.05, 0.1) is 5.69 Å². The Morgan fingerprint density at radius 3 is 2.10 bits per heavy atom. The van der Waals surface area contributed by atoms with Crippen molar-refractivity contribution >= 4 is 23.8 Å². The van der Waals surface area contributed by atoms with Gasteiger partial charge in [0.15, 0.2) is 0 Å². The third-order valence-electron chi connectivity index (χ3n) is 4.09. The predicted octanol–water partition coefficient (Wildman–Crippen LogP) is 7.84. The van der Waals surface area contributed by atoms with Gasteiger partial charge >= 0.3 is 0 Å². The van der Waals surface area contributed by atoms with Crippen LogP contribution in [-0.4, -0.2) is 31.7 Å². The topological polar surface area (TPSA) is 37.1 Å². The second-order valence-corrected chi connectivity index (χ2v) is 7.03. The van der Waals surface area contributed by atoms with Gasteiger partial charge in [0.1, 0.15) is 0 Å². The molecule has 1 aliphatic heterocycles. The van der Waals surface area contributed by atoms with E-state index in [1.54, 1.807) is 0 Å². The Morgan fingerprint density at radius 2 is 1.60 bits per heavy atom. The molecular weight excluding hydrogens is 366 g/mol. The highest BCUT2D eigenvalue weighted by Crippen LogP contribution is 2.27. The maximum atomic E-state index is 4.43. The van der Waals surface area contributed by atoms with Crippen molar-refractivity contribution in [1.29, 1.82) is 0 Å². The van der Waals surface area contributed by atoms with Gasteiger partial charge in [-0.15, -0.1) is 0 Å². The lowest BCUT2D eigenvalue weighted by atomic mass is 10.1. The van der Waals surface area contributed by atoms with E-state index in [2.05, 4.69) is 86.6 Å². The average Bonchev–Trinajstić information content (AvgIpc) is 3.08. The minimum Gasteiger partial charge on any atom is -0.301 e. The Kier molecular flexibility index (Phi) is 17.1. The molecule has 0 amide bonds. The molecule has 2 aromatic carbocycles. The van der Waals surface area contributed by atoms with Crippen LogP contribution in [0.5, 0.6) is 0 Å². The van der Waals surface area contributed by atoms with Gasteiger partial charge in [-0.25, -0.2) is 0 Å². The van der Waals surface area contributed by atoms with Gasteiger partial charge in [0.25, 0.3) is 0 Å². The van der Waals surface area contributed by atoms with Crippen LogP contribution >= 0.6 is 0 Å². The van der Waals surface area contributed by atoms with Crippen LogP contribution in [0.15, 0.2) is 57.4 Å². The molecule has 1 heterocycles. The van der Waals surface area contributed by atoms with Gasteiger partial charge in [0.2, 0.25) is 0 Å². The molecule has 0 saturated carbocycles. The SMILES string of the molecule is C.C=NCC.CC1=Nc2cc(C)ccc2C1.CCC.CN=C(C)c1ccccc1C. The maximum absolute atomic E-state index is 4.43. The zero-order chi connectivity index (χ0) is 22.2. The monoisotopic (exact) mass is 409 g/mol. The van der Waals surface area contributed by atoms with Crippen molar-refractivity contribution in [1.82, 2.24) is 0 Å². The molecule has 0 N–H and O–H groups in total. The summed E-state index contributed by atoms with van der Waals surface area (Å²) in [5.74, 6) is 0. The number of aliphatic imine (C=N–C) groups is 3. The fourth-order valence-electron chi connectivity index (χ4n) is 2.55. The van der Waals surface area contributed by atoms with Gasteiger partial charge in [0, 0.05) is 31.4 Å². The van der Waals surface area contributed by atoms with Gasteiger partial charge in [-0.05, 0) is 69.7 Å². The van der Waals surface area contributed by atoms with Crippen LogP contribution in [0.4, 0.5) is 5.69 Å². The molecule has 3 rings (SSSR count). The van der Waals surface area contributed by atoms with Crippen molar-refractivity contribution in [3.8, 4) is 0 Å². The average molecular weight is 410 g/mol. The molecule has 0 fully saturated rings. The quantitative estimate of drug-likeness (QED) is 0.453. The fraction of sp³-hybridized carbons (Fsp3) is 0.444. The summed E-state index contributed by atoms with van der Waals surface area (Å²) in [7, 11) is 1.82. The van der Waals surface area contributed by atoms with Crippen molar-refractivity contribution < 1.29 is 0 Å². The summed E-state index contributed by atoms with van der Waals surface area (Å²) in [5.41, 5.74) is 8.69. The zero-order valence-electron chi connectivity index (χ0n) is 19.7. The highest BCUT2D eigenvalue weighted by atomic mass is 14.8. The molecule has 0 atom stereocenters. The molecule has 3 heteroatoms. The summed E-state index contributed by atoms with van der Waals surface area (Å²) in [6, 6.07) is 14.7. The number of benzene rings is 2. The highest BCUT2D eigenvalue weighted by Gasteiger charge is 2.09. The Morgan fingerprint density at radius 1 is 1.03 bits per heavy atom. The van der Waals surface area contributed by atoms with Crippen LogP contribution < -0.4 is 0 Å². The Bertz CT molecular complexity index is 802. The lowest BCUT2D eigenvalue weighted by molar-refractivity contribution is 1.09. The molecule has 0 aliphatic carbocycles. The molecule has 3 nitrogen and oxygen atoms in total. The van der Waals surface area contributed by atoms with E-state index < -0.39 is 0 Å². The molecule has 0 saturated heterocycles. The first-order valence-corrected chi connectivity index (χ1v) is 10.4. The van der Waals surface area contributed by atoms with E-state index in [9.17, 15) is 0 Å². The summed E-state index contributed by atoms with van der Waals surface area (Å²) in [4.78, 5) is 12.1. The van der Waals surface area contributed by atoms with E-state index in [1.165, 1.54) is 40.1 Å². The molecule has 0 bridgehead atoms. The van der Waals surface area contributed by atoms with Gasteiger partial charge in [-0.1, -0.05) is 64.1 Å². The first-order chi connectivity index (χ1) is 13.8. The number of rotatable bonds is 2. The third kappa shape index (κ3) is 11.5. The molecule has 1 aliphatic rings. The summed E-state index contributed by atoms with van der Waals surface area (Å²) in [5, 5.41) is 0. The van der Waals surface area contributed by atoms with Crippen LogP contribution in [-0.2, 0) is 6.42 Å². The molecule has 0 radical (unpaired) electrons. The van der Waals surface area contributed by atoms with Crippen molar-refractivity contribution in [2.45, 2.75) is 68.7 Å². The number of nitrogens with zero attached hydrogens (tertiary/aromatic N) is 3. The van der Waals surface area contributed by atoms with E-state index in [0.29, 0.717) is 0 Å². The zero-order valence-corrected chi connectivity index (χ0v) is 19.7. The van der Waals surface area contributed by atoms with Crippen molar-refractivity contribution in [2.75, 3.05) is 13.6 Å². The highest BCUT2D eigenvalue weighted by molar-refractivity contribution is 5.99. The first kappa shape index (κ1) is 29.6. The number of aryl methyl sites for hydroxylation is 2. The lowest BCUT2D eigenvalue weighted by Gasteiger charge is -2.02. The van der Waals surface area contributed by atoms with Gasteiger partial charge < -0.3 is 4.99 Å². The molecule has 2 aromatic rings. The van der Waals surface area contributed by atoms with E-state index in [0.717, 1.165) is 18.7 Å².